The molecule has 0 aliphatic rings. The molecule has 0 fully saturated rings. The number of fused-ring (bicyclic) bond motifs is 1. The molecule has 37 heavy (non-hydrogen) atoms. The minimum atomic E-state index is -4.63. The van der Waals surface area contributed by atoms with Crippen LogP contribution in [0.25, 0.3) is 11.0 Å². The van der Waals surface area contributed by atoms with Crippen molar-refractivity contribution in [2.75, 3.05) is 24.4 Å². The lowest BCUT2D eigenvalue weighted by atomic mass is 10.1. The molecule has 194 valence electrons. The zero-order chi connectivity index (χ0) is 26.7. The molecule has 0 atom stereocenters. The Morgan fingerprint density at radius 3 is 2.59 bits per heavy atom. The summed E-state index contributed by atoms with van der Waals surface area (Å²) < 4.78 is 48.0. The third-order valence-electron chi connectivity index (χ3n) is 5.68. The van der Waals surface area contributed by atoms with E-state index in [4.69, 9.17) is 4.74 Å². The van der Waals surface area contributed by atoms with Crippen molar-refractivity contribution < 1.29 is 22.7 Å². The zero-order valence-electron chi connectivity index (χ0n) is 20.4. The van der Waals surface area contributed by atoms with Gasteiger partial charge in [0.1, 0.15) is 11.5 Å². The van der Waals surface area contributed by atoms with Gasteiger partial charge in [0, 0.05) is 40.0 Å². The molecular weight excluding hydrogens is 489 g/mol. The van der Waals surface area contributed by atoms with Crippen LogP contribution in [0, 0.1) is 0 Å². The summed E-state index contributed by atoms with van der Waals surface area (Å²) in [4.78, 5) is 32.7. The van der Waals surface area contributed by atoms with Crippen LogP contribution in [0.5, 0.6) is 0 Å². The number of halogens is 3. The monoisotopic (exact) mass is 514 g/mol. The number of hydrogen-bond acceptors (Lipinski definition) is 6. The Balaban J connectivity index is 1.65. The summed E-state index contributed by atoms with van der Waals surface area (Å²) in [5.41, 5.74) is 1.39. The zero-order valence-corrected chi connectivity index (χ0v) is 20.4. The van der Waals surface area contributed by atoms with E-state index in [1.54, 1.807) is 29.9 Å². The van der Waals surface area contributed by atoms with E-state index in [-0.39, 0.29) is 30.7 Å². The molecule has 2 N–H and O–H groups in total. The summed E-state index contributed by atoms with van der Waals surface area (Å²) in [6.07, 6.45) is -1.69. The fourth-order valence-electron chi connectivity index (χ4n) is 3.88. The Hall–Kier alpha value is -4.19. The number of carbonyl (C=O) groups excluding carboxylic acids is 1. The van der Waals surface area contributed by atoms with E-state index in [0.717, 1.165) is 33.5 Å². The molecule has 4 rings (SSSR count). The molecule has 3 aromatic heterocycles. The van der Waals surface area contributed by atoms with Gasteiger partial charge in [-0.2, -0.15) is 13.2 Å². The highest BCUT2D eigenvalue weighted by Gasteiger charge is 2.32. The maximum absolute atomic E-state index is 13.5. The molecule has 4 aromatic rings. The SMILES string of the molecule is COCCn1cc(C(F)(F)F)cc(Nc2nc3ccc(Cc4ccnc(NC(C)=O)c4)cc3n2C)c1=O. The van der Waals surface area contributed by atoms with Crippen molar-refractivity contribution >= 4 is 34.4 Å². The second-order valence-electron chi connectivity index (χ2n) is 8.48. The van der Waals surface area contributed by atoms with Crippen LogP contribution in [-0.2, 0) is 35.7 Å². The molecule has 0 spiro atoms. The van der Waals surface area contributed by atoms with Gasteiger partial charge in [-0.1, -0.05) is 6.07 Å². The largest absolute Gasteiger partial charge is 0.417 e. The molecule has 0 unspecified atom stereocenters. The van der Waals surface area contributed by atoms with Crippen LogP contribution >= 0.6 is 0 Å². The van der Waals surface area contributed by atoms with Crippen LogP contribution < -0.4 is 16.2 Å². The van der Waals surface area contributed by atoms with Crippen LogP contribution in [0.3, 0.4) is 0 Å². The Morgan fingerprint density at radius 1 is 1.14 bits per heavy atom. The fourth-order valence-corrected chi connectivity index (χ4v) is 3.88. The van der Waals surface area contributed by atoms with Gasteiger partial charge < -0.3 is 24.5 Å². The van der Waals surface area contributed by atoms with Crippen molar-refractivity contribution in [3.8, 4) is 0 Å². The number of amides is 1. The lowest BCUT2D eigenvalue weighted by Gasteiger charge is -2.14. The number of rotatable bonds is 8. The number of nitrogens with zero attached hydrogens (tertiary/aromatic N) is 4. The number of ether oxygens (including phenoxy) is 1. The second kappa shape index (κ2) is 10.4. The van der Waals surface area contributed by atoms with Crippen LogP contribution in [0.4, 0.5) is 30.6 Å². The molecule has 0 aliphatic carbocycles. The molecule has 0 radical (unpaired) electrons. The standard InChI is InChI=1S/C25H25F3N6O3/c1-15(35)30-22-12-17(6-7-29-22)10-16-4-5-19-21(11-16)33(2)24(31-19)32-20-13-18(25(26,27)28)14-34(23(20)36)8-9-37-3/h4-7,11-14H,8-10H2,1-3H3,(H,31,32)(H,29,30,35). The van der Waals surface area contributed by atoms with Gasteiger partial charge in [-0.25, -0.2) is 9.97 Å². The average Bonchev–Trinajstić information content (AvgIpc) is 3.13. The highest BCUT2D eigenvalue weighted by atomic mass is 19.4. The van der Waals surface area contributed by atoms with E-state index in [2.05, 4.69) is 20.6 Å². The van der Waals surface area contributed by atoms with Crippen molar-refractivity contribution in [1.82, 2.24) is 19.1 Å². The predicted molar refractivity (Wildman–Crippen MR) is 133 cm³/mol. The van der Waals surface area contributed by atoms with Gasteiger partial charge in [-0.3, -0.25) is 9.59 Å². The molecule has 3 heterocycles. The van der Waals surface area contributed by atoms with Gasteiger partial charge in [-0.15, -0.1) is 0 Å². The number of alkyl halides is 3. The molecular formula is C25H25F3N6O3. The van der Waals surface area contributed by atoms with Crippen LogP contribution in [-0.4, -0.2) is 38.7 Å². The summed E-state index contributed by atoms with van der Waals surface area (Å²) >= 11 is 0. The third kappa shape index (κ3) is 5.97. The molecule has 0 saturated carbocycles. The number of carbonyl (C=O) groups is 1. The summed E-state index contributed by atoms with van der Waals surface area (Å²) in [7, 11) is 3.11. The van der Waals surface area contributed by atoms with E-state index in [9.17, 15) is 22.8 Å². The van der Waals surface area contributed by atoms with Crippen molar-refractivity contribution in [2.24, 2.45) is 7.05 Å². The first-order chi connectivity index (χ1) is 17.5. The number of imidazole rings is 1. The Labute approximate surface area is 209 Å². The van der Waals surface area contributed by atoms with Crippen molar-refractivity contribution in [2.45, 2.75) is 26.1 Å². The minimum absolute atomic E-state index is 0.0293. The van der Waals surface area contributed by atoms with Crippen LogP contribution in [0.1, 0.15) is 23.6 Å². The highest BCUT2D eigenvalue weighted by Crippen LogP contribution is 2.31. The molecule has 9 nitrogen and oxygen atoms in total. The molecule has 0 aliphatic heterocycles. The Morgan fingerprint density at radius 2 is 1.89 bits per heavy atom. The first-order valence-corrected chi connectivity index (χ1v) is 11.3. The van der Waals surface area contributed by atoms with Gasteiger partial charge in [0.15, 0.2) is 0 Å². The van der Waals surface area contributed by atoms with E-state index >= 15 is 0 Å². The summed E-state index contributed by atoms with van der Waals surface area (Å²) in [5, 5.41) is 5.44. The number of aromatic nitrogens is 4. The molecule has 1 aromatic carbocycles. The summed E-state index contributed by atoms with van der Waals surface area (Å²) in [5.74, 6) is 0.460. The normalized spacial score (nSPS) is 11.6. The van der Waals surface area contributed by atoms with Gasteiger partial charge in [0.25, 0.3) is 5.56 Å². The molecule has 0 saturated heterocycles. The Kier molecular flexibility index (Phi) is 7.30. The Bertz CT molecular complexity index is 1510. The lowest BCUT2D eigenvalue weighted by molar-refractivity contribution is -0.138. The number of hydrogen-bond donors (Lipinski definition) is 2. The third-order valence-corrected chi connectivity index (χ3v) is 5.68. The number of aryl methyl sites for hydroxylation is 1. The van der Waals surface area contributed by atoms with Gasteiger partial charge in [-0.05, 0) is 47.9 Å². The van der Waals surface area contributed by atoms with Crippen LogP contribution in [0.15, 0.2) is 53.6 Å². The molecule has 0 bridgehead atoms. The van der Waals surface area contributed by atoms with Gasteiger partial charge >= 0.3 is 6.18 Å². The van der Waals surface area contributed by atoms with Crippen molar-refractivity contribution in [3.05, 3.63) is 75.8 Å². The second-order valence-corrected chi connectivity index (χ2v) is 8.48. The number of anilines is 3. The van der Waals surface area contributed by atoms with E-state index in [0.29, 0.717) is 17.8 Å². The quantitative estimate of drug-likeness (QED) is 0.367. The predicted octanol–water partition coefficient (Wildman–Crippen LogP) is 4.09. The number of benzene rings is 1. The topological polar surface area (TPSA) is 103 Å². The number of pyridine rings is 2. The van der Waals surface area contributed by atoms with Gasteiger partial charge in [0.2, 0.25) is 11.9 Å². The number of nitrogens with one attached hydrogen (secondary N) is 2. The van der Waals surface area contributed by atoms with Crippen molar-refractivity contribution in [3.63, 3.8) is 0 Å². The highest BCUT2D eigenvalue weighted by molar-refractivity contribution is 5.87. The fraction of sp³-hybridized carbons (Fsp3) is 0.280. The first-order valence-electron chi connectivity index (χ1n) is 11.3. The summed E-state index contributed by atoms with van der Waals surface area (Å²) in [6.45, 7) is 1.46. The maximum atomic E-state index is 13.5. The molecule has 1 amide bonds. The van der Waals surface area contributed by atoms with Crippen LogP contribution in [0.2, 0.25) is 0 Å². The maximum Gasteiger partial charge on any atom is 0.417 e. The first kappa shape index (κ1) is 25.9. The van der Waals surface area contributed by atoms with Gasteiger partial charge in [0.05, 0.1) is 23.2 Å². The summed E-state index contributed by atoms with van der Waals surface area (Å²) in [6, 6.07) is 10.0. The van der Waals surface area contributed by atoms with E-state index in [1.165, 1.54) is 14.0 Å². The average molecular weight is 515 g/mol. The molecule has 12 heteroatoms. The lowest BCUT2D eigenvalue weighted by Crippen LogP contribution is -2.26. The smallest absolute Gasteiger partial charge is 0.383 e. The van der Waals surface area contributed by atoms with Crippen molar-refractivity contribution in [1.29, 1.82) is 0 Å². The van der Waals surface area contributed by atoms with E-state index < -0.39 is 17.3 Å². The minimum Gasteiger partial charge on any atom is -0.383 e. The number of methoxy groups -OCH3 is 1. The van der Waals surface area contributed by atoms with E-state index in [1.807, 2.05) is 18.2 Å².